The Hall–Kier alpha value is -2.07. The third-order valence-corrected chi connectivity index (χ3v) is 1.84. The summed E-state index contributed by atoms with van der Waals surface area (Å²) in [7, 11) is 0. The Kier molecular flexibility index (Phi) is 3.59. The van der Waals surface area contributed by atoms with Crippen molar-refractivity contribution < 1.29 is 36.0 Å². The van der Waals surface area contributed by atoms with Crippen LogP contribution in [-0.4, -0.2) is 16.3 Å². The normalized spacial score (nSPS) is 12.4. The molecule has 0 saturated carbocycles. The molecular formula is C8H4F6N2O3. The van der Waals surface area contributed by atoms with Gasteiger partial charge in [-0.1, -0.05) is 0 Å². The predicted molar refractivity (Wildman–Crippen MR) is 47.3 cm³/mol. The van der Waals surface area contributed by atoms with E-state index in [0.717, 1.165) is 6.92 Å². The van der Waals surface area contributed by atoms with Crippen LogP contribution in [0.5, 0.6) is 5.88 Å². The molecule has 0 aliphatic heterocycles. The Morgan fingerprint density at radius 1 is 1.26 bits per heavy atom. The fourth-order valence-electron chi connectivity index (χ4n) is 1.18. The van der Waals surface area contributed by atoms with Gasteiger partial charge in [0.05, 0.1) is 4.92 Å². The van der Waals surface area contributed by atoms with Crippen molar-refractivity contribution in [3.63, 3.8) is 0 Å². The van der Waals surface area contributed by atoms with Crippen LogP contribution < -0.4 is 4.74 Å². The monoisotopic (exact) mass is 290 g/mol. The van der Waals surface area contributed by atoms with E-state index >= 15 is 0 Å². The molecule has 0 radical (unpaired) electrons. The molecule has 0 aliphatic rings. The Morgan fingerprint density at radius 2 is 1.79 bits per heavy atom. The minimum atomic E-state index is -5.39. The third-order valence-electron chi connectivity index (χ3n) is 1.84. The molecule has 0 amide bonds. The maximum atomic E-state index is 12.3. The van der Waals surface area contributed by atoms with Crippen molar-refractivity contribution in [1.82, 2.24) is 4.98 Å². The van der Waals surface area contributed by atoms with Crippen molar-refractivity contribution in [1.29, 1.82) is 0 Å². The van der Waals surface area contributed by atoms with E-state index in [0.29, 0.717) is 0 Å². The smallest absolute Gasteiger partial charge is 0.381 e. The number of aromatic nitrogens is 1. The van der Waals surface area contributed by atoms with E-state index in [2.05, 4.69) is 9.72 Å². The molecule has 0 unspecified atom stereocenters. The lowest BCUT2D eigenvalue weighted by Crippen LogP contribution is -2.20. The number of ether oxygens (including phenoxy) is 1. The minimum absolute atomic E-state index is 0.265. The number of pyridine rings is 1. The first-order valence-corrected chi connectivity index (χ1v) is 4.41. The van der Waals surface area contributed by atoms with Gasteiger partial charge in [0.25, 0.3) is 0 Å². The highest BCUT2D eigenvalue weighted by molar-refractivity contribution is 5.49. The van der Waals surface area contributed by atoms with Crippen LogP contribution >= 0.6 is 0 Å². The standard InChI is InChI=1S/C8H4F6N2O3/c1-3-2-4(7(9,10)11)15-6(5(3)16(17)18)19-8(12,13)14/h2H,1H3. The Bertz CT molecular complexity index is 510. The minimum Gasteiger partial charge on any atom is -0.381 e. The molecule has 0 N–H and O–H groups in total. The second-order valence-electron chi connectivity index (χ2n) is 3.28. The number of halogens is 6. The van der Waals surface area contributed by atoms with Gasteiger partial charge in [0.15, 0.2) is 0 Å². The molecule has 0 bridgehead atoms. The van der Waals surface area contributed by atoms with Gasteiger partial charge in [0, 0.05) is 5.56 Å². The van der Waals surface area contributed by atoms with E-state index in [1.807, 2.05) is 0 Å². The average molecular weight is 290 g/mol. The summed E-state index contributed by atoms with van der Waals surface area (Å²) in [5.74, 6) is -1.75. The Morgan fingerprint density at radius 3 is 2.16 bits per heavy atom. The number of hydrogen-bond donors (Lipinski definition) is 0. The van der Waals surface area contributed by atoms with Crippen molar-refractivity contribution in [3.8, 4) is 5.88 Å². The van der Waals surface area contributed by atoms with Gasteiger partial charge in [0.1, 0.15) is 5.69 Å². The van der Waals surface area contributed by atoms with Crippen LogP contribution in [0.4, 0.5) is 32.0 Å². The summed E-state index contributed by atoms with van der Waals surface area (Å²) in [4.78, 5) is 11.7. The van der Waals surface area contributed by atoms with E-state index in [9.17, 15) is 36.5 Å². The van der Waals surface area contributed by atoms with Crippen LogP contribution in [0, 0.1) is 17.0 Å². The van der Waals surface area contributed by atoms with Crippen LogP contribution in [0.15, 0.2) is 6.07 Å². The van der Waals surface area contributed by atoms with Crippen LogP contribution in [0.1, 0.15) is 11.3 Å². The van der Waals surface area contributed by atoms with Gasteiger partial charge in [-0.2, -0.15) is 13.2 Å². The quantitative estimate of drug-likeness (QED) is 0.476. The highest BCUT2D eigenvalue weighted by Gasteiger charge is 2.40. The molecule has 0 aliphatic carbocycles. The molecule has 1 aromatic rings. The molecule has 1 rings (SSSR count). The van der Waals surface area contributed by atoms with Gasteiger partial charge in [0.2, 0.25) is 0 Å². The van der Waals surface area contributed by atoms with Gasteiger partial charge in [-0.05, 0) is 13.0 Å². The third kappa shape index (κ3) is 3.69. The second-order valence-corrected chi connectivity index (χ2v) is 3.28. The lowest BCUT2D eigenvalue weighted by Gasteiger charge is -2.12. The lowest BCUT2D eigenvalue weighted by atomic mass is 10.2. The first kappa shape index (κ1) is 15.0. The van der Waals surface area contributed by atoms with Gasteiger partial charge in [-0.15, -0.1) is 13.2 Å². The zero-order valence-electron chi connectivity index (χ0n) is 8.96. The zero-order valence-corrected chi connectivity index (χ0v) is 8.96. The fourth-order valence-corrected chi connectivity index (χ4v) is 1.18. The predicted octanol–water partition coefficient (Wildman–Crippen LogP) is 3.22. The summed E-state index contributed by atoms with van der Waals surface area (Å²) >= 11 is 0. The van der Waals surface area contributed by atoms with Crippen LogP contribution in [0.25, 0.3) is 0 Å². The van der Waals surface area contributed by atoms with Gasteiger partial charge >= 0.3 is 24.1 Å². The van der Waals surface area contributed by atoms with E-state index in [4.69, 9.17) is 0 Å². The first-order chi connectivity index (χ1) is 8.42. The second kappa shape index (κ2) is 4.55. The number of nitro groups is 1. The average Bonchev–Trinajstić information content (AvgIpc) is 2.11. The van der Waals surface area contributed by atoms with E-state index < -0.39 is 40.3 Å². The SMILES string of the molecule is Cc1cc(C(F)(F)F)nc(OC(F)(F)F)c1[N+](=O)[O-]. The van der Waals surface area contributed by atoms with Crippen molar-refractivity contribution in [2.45, 2.75) is 19.5 Å². The van der Waals surface area contributed by atoms with Crippen molar-refractivity contribution in [2.24, 2.45) is 0 Å². The Labute approximate surface area is 101 Å². The van der Waals surface area contributed by atoms with Crippen molar-refractivity contribution >= 4 is 5.69 Å². The number of hydrogen-bond acceptors (Lipinski definition) is 4. The summed E-state index contributed by atoms with van der Waals surface area (Å²) < 4.78 is 76.1. The highest BCUT2D eigenvalue weighted by atomic mass is 19.4. The summed E-state index contributed by atoms with van der Waals surface area (Å²) in [6.07, 6.45) is -10.4. The molecule has 11 heteroatoms. The number of alkyl halides is 6. The van der Waals surface area contributed by atoms with Gasteiger partial charge < -0.3 is 4.74 Å². The largest absolute Gasteiger partial charge is 0.574 e. The molecule has 5 nitrogen and oxygen atoms in total. The van der Waals surface area contributed by atoms with E-state index in [1.54, 1.807) is 0 Å². The number of rotatable bonds is 2. The van der Waals surface area contributed by atoms with Crippen molar-refractivity contribution in [2.75, 3.05) is 0 Å². The molecule has 19 heavy (non-hydrogen) atoms. The maximum Gasteiger partial charge on any atom is 0.574 e. The molecule has 0 saturated heterocycles. The molecule has 1 heterocycles. The Balaban J connectivity index is 3.46. The zero-order chi connectivity index (χ0) is 15.0. The molecule has 0 spiro atoms. The molecule has 0 aromatic carbocycles. The maximum absolute atomic E-state index is 12.3. The molecule has 0 atom stereocenters. The summed E-state index contributed by atoms with van der Waals surface area (Å²) in [5, 5.41) is 10.5. The van der Waals surface area contributed by atoms with E-state index in [-0.39, 0.29) is 6.07 Å². The number of nitrogens with zero attached hydrogens (tertiary/aromatic N) is 2. The summed E-state index contributed by atoms with van der Waals surface area (Å²) in [6.45, 7) is 0.846. The first-order valence-electron chi connectivity index (χ1n) is 4.41. The van der Waals surface area contributed by atoms with Gasteiger partial charge in [-0.3, -0.25) is 10.1 Å². The lowest BCUT2D eigenvalue weighted by molar-refractivity contribution is -0.389. The van der Waals surface area contributed by atoms with Crippen molar-refractivity contribution in [3.05, 3.63) is 27.4 Å². The molecule has 0 fully saturated rings. The summed E-state index contributed by atoms with van der Waals surface area (Å²) in [5.41, 5.74) is -3.63. The number of aryl methyl sites for hydroxylation is 1. The van der Waals surface area contributed by atoms with E-state index in [1.165, 1.54) is 0 Å². The van der Waals surface area contributed by atoms with Crippen LogP contribution in [0.3, 0.4) is 0 Å². The highest BCUT2D eigenvalue weighted by Crippen LogP contribution is 2.37. The fraction of sp³-hybridized carbons (Fsp3) is 0.375. The topological polar surface area (TPSA) is 65.3 Å². The summed E-state index contributed by atoms with van der Waals surface area (Å²) in [6, 6.07) is 0.265. The van der Waals surface area contributed by atoms with Gasteiger partial charge in [-0.25, -0.2) is 4.98 Å². The molecule has 1 aromatic heterocycles. The van der Waals surface area contributed by atoms with Crippen LogP contribution in [0.2, 0.25) is 0 Å². The molecular weight excluding hydrogens is 286 g/mol. The molecule has 106 valence electrons. The van der Waals surface area contributed by atoms with Crippen LogP contribution in [-0.2, 0) is 6.18 Å².